The van der Waals surface area contributed by atoms with E-state index in [1.54, 1.807) is 44.2 Å². The number of rotatable bonds is 8. The molecule has 2 atom stereocenters. The van der Waals surface area contributed by atoms with E-state index in [0.29, 0.717) is 18.8 Å². The van der Waals surface area contributed by atoms with Gasteiger partial charge in [-0.05, 0) is 19.4 Å². The zero-order chi connectivity index (χ0) is 14.3. The smallest absolute Gasteiger partial charge is 0.191 e. The molecule has 1 aromatic rings. The van der Waals surface area contributed by atoms with Gasteiger partial charge >= 0.3 is 0 Å². The van der Waals surface area contributed by atoms with Gasteiger partial charge in [0.05, 0.1) is 6.61 Å². The van der Waals surface area contributed by atoms with Crippen LogP contribution in [-0.4, -0.2) is 47.0 Å². The van der Waals surface area contributed by atoms with Crippen molar-refractivity contribution in [2.24, 2.45) is 0 Å². The summed E-state index contributed by atoms with van der Waals surface area (Å²) in [6.07, 6.45) is -2.40. The second kappa shape index (κ2) is 7.57. The molecule has 0 fully saturated rings. The van der Waals surface area contributed by atoms with Crippen molar-refractivity contribution in [3.8, 4) is 0 Å². The summed E-state index contributed by atoms with van der Waals surface area (Å²) in [5, 5.41) is 30.3. The average Bonchev–Trinajstić information content (AvgIpc) is 2.46. The Bertz CT molecular complexity index is 350. The maximum Gasteiger partial charge on any atom is 0.191 e. The molecule has 1 aromatic carbocycles. The van der Waals surface area contributed by atoms with E-state index in [2.05, 4.69) is 0 Å². The molecule has 0 aliphatic carbocycles. The first-order valence-corrected chi connectivity index (χ1v) is 6.39. The SMILES string of the molecule is CCOC(OCC)[C@](O)(CO)[C@H](O)c1ccccc1. The Morgan fingerprint density at radius 3 is 2.05 bits per heavy atom. The van der Waals surface area contributed by atoms with Gasteiger partial charge in [-0.15, -0.1) is 0 Å². The van der Waals surface area contributed by atoms with E-state index in [0.717, 1.165) is 0 Å². The number of aliphatic hydroxyl groups excluding tert-OH is 2. The lowest BCUT2D eigenvalue weighted by Crippen LogP contribution is -2.53. The van der Waals surface area contributed by atoms with Gasteiger partial charge in [-0.3, -0.25) is 0 Å². The molecule has 0 heterocycles. The third-order valence-electron chi connectivity index (χ3n) is 2.89. The van der Waals surface area contributed by atoms with Crippen molar-refractivity contribution in [1.29, 1.82) is 0 Å². The summed E-state index contributed by atoms with van der Waals surface area (Å²) < 4.78 is 10.6. The third kappa shape index (κ3) is 3.75. The van der Waals surface area contributed by atoms with Crippen molar-refractivity contribution < 1.29 is 24.8 Å². The number of benzene rings is 1. The molecule has 0 saturated heterocycles. The first kappa shape index (κ1) is 16.1. The largest absolute Gasteiger partial charge is 0.393 e. The monoisotopic (exact) mass is 270 g/mol. The van der Waals surface area contributed by atoms with Crippen molar-refractivity contribution in [1.82, 2.24) is 0 Å². The first-order chi connectivity index (χ1) is 9.10. The minimum absolute atomic E-state index is 0.300. The van der Waals surface area contributed by atoms with Crippen LogP contribution in [0.4, 0.5) is 0 Å². The highest BCUT2D eigenvalue weighted by Gasteiger charge is 2.45. The molecule has 0 bridgehead atoms. The topological polar surface area (TPSA) is 79.2 Å². The predicted octanol–water partition coefficient (Wildman–Crippen LogP) is 0.843. The molecule has 0 spiro atoms. The lowest BCUT2D eigenvalue weighted by atomic mass is 9.91. The quantitative estimate of drug-likeness (QED) is 0.610. The van der Waals surface area contributed by atoms with Crippen LogP contribution in [0.5, 0.6) is 0 Å². The van der Waals surface area contributed by atoms with Gasteiger partial charge in [0.25, 0.3) is 0 Å². The molecule has 0 radical (unpaired) electrons. The maximum absolute atomic E-state index is 10.5. The van der Waals surface area contributed by atoms with Crippen LogP contribution >= 0.6 is 0 Å². The van der Waals surface area contributed by atoms with E-state index in [9.17, 15) is 15.3 Å². The van der Waals surface area contributed by atoms with Gasteiger partial charge in [0.15, 0.2) is 11.9 Å². The lowest BCUT2D eigenvalue weighted by molar-refractivity contribution is -0.275. The van der Waals surface area contributed by atoms with Crippen molar-refractivity contribution in [3.05, 3.63) is 35.9 Å². The van der Waals surface area contributed by atoms with Gasteiger partial charge in [0.1, 0.15) is 6.10 Å². The van der Waals surface area contributed by atoms with Gasteiger partial charge < -0.3 is 24.8 Å². The molecule has 0 amide bonds. The summed E-state index contributed by atoms with van der Waals surface area (Å²) in [7, 11) is 0. The van der Waals surface area contributed by atoms with Crippen LogP contribution in [0.3, 0.4) is 0 Å². The van der Waals surface area contributed by atoms with E-state index >= 15 is 0 Å². The van der Waals surface area contributed by atoms with Crippen LogP contribution in [0.1, 0.15) is 25.5 Å². The number of aliphatic hydroxyl groups is 3. The third-order valence-corrected chi connectivity index (χ3v) is 2.89. The summed E-state index contributed by atoms with van der Waals surface area (Å²) in [5.74, 6) is 0. The Labute approximate surface area is 113 Å². The van der Waals surface area contributed by atoms with E-state index in [1.165, 1.54) is 0 Å². The summed E-state index contributed by atoms with van der Waals surface area (Å²) in [4.78, 5) is 0. The molecule has 5 heteroatoms. The second-order valence-electron chi connectivity index (χ2n) is 4.21. The fraction of sp³-hybridized carbons (Fsp3) is 0.571. The summed E-state index contributed by atoms with van der Waals surface area (Å²) in [6, 6.07) is 8.62. The average molecular weight is 270 g/mol. The predicted molar refractivity (Wildman–Crippen MR) is 70.5 cm³/mol. The molecule has 0 unspecified atom stereocenters. The molecule has 19 heavy (non-hydrogen) atoms. The van der Waals surface area contributed by atoms with Crippen molar-refractivity contribution >= 4 is 0 Å². The van der Waals surface area contributed by atoms with Gasteiger partial charge in [0, 0.05) is 13.2 Å². The molecular formula is C14H22O5. The Hall–Kier alpha value is -0.980. The first-order valence-electron chi connectivity index (χ1n) is 6.39. The zero-order valence-electron chi connectivity index (χ0n) is 11.3. The lowest BCUT2D eigenvalue weighted by Gasteiger charge is -2.37. The highest BCUT2D eigenvalue weighted by Crippen LogP contribution is 2.30. The standard InChI is InChI=1S/C14H22O5/c1-3-18-13(19-4-2)14(17,10-15)12(16)11-8-6-5-7-9-11/h5-9,12-13,15-17H,3-4,10H2,1-2H3/t12-,14+/m1/s1. The van der Waals surface area contributed by atoms with Gasteiger partial charge in [-0.1, -0.05) is 30.3 Å². The van der Waals surface area contributed by atoms with E-state index in [1.807, 2.05) is 0 Å². The van der Waals surface area contributed by atoms with Crippen LogP contribution in [0, 0.1) is 0 Å². The van der Waals surface area contributed by atoms with E-state index in [4.69, 9.17) is 9.47 Å². The minimum Gasteiger partial charge on any atom is -0.393 e. The second-order valence-corrected chi connectivity index (χ2v) is 4.21. The van der Waals surface area contributed by atoms with Crippen molar-refractivity contribution in [3.63, 3.8) is 0 Å². The molecule has 3 N–H and O–H groups in total. The van der Waals surface area contributed by atoms with Crippen molar-refractivity contribution in [2.45, 2.75) is 31.8 Å². The van der Waals surface area contributed by atoms with Gasteiger partial charge in [-0.25, -0.2) is 0 Å². The zero-order valence-corrected chi connectivity index (χ0v) is 11.3. The molecule has 108 valence electrons. The van der Waals surface area contributed by atoms with Crippen LogP contribution in [0.25, 0.3) is 0 Å². The molecule has 0 aromatic heterocycles. The van der Waals surface area contributed by atoms with Crippen LogP contribution in [0.15, 0.2) is 30.3 Å². The van der Waals surface area contributed by atoms with Crippen LogP contribution < -0.4 is 0 Å². The maximum atomic E-state index is 10.5. The molecule has 0 saturated carbocycles. The van der Waals surface area contributed by atoms with Crippen molar-refractivity contribution in [2.75, 3.05) is 19.8 Å². The summed E-state index contributed by atoms with van der Waals surface area (Å²) in [5.41, 5.74) is -1.42. The molecule has 1 rings (SSSR count). The number of ether oxygens (including phenoxy) is 2. The molecule has 0 aliphatic heterocycles. The number of hydrogen-bond donors (Lipinski definition) is 3. The van der Waals surface area contributed by atoms with Crippen LogP contribution in [0.2, 0.25) is 0 Å². The highest BCUT2D eigenvalue weighted by molar-refractivity contribution is 5.20. The molecular weight excluding hydrogens is 248 g/mol. The van der Waals surface area contributed by atoms with E-state index in [-0.39, 0.29) is 0 Å². The fourth-order valence-corrected chi connectivity index (χ4v) is 1.85. The van der Waals surface area contributed by atoms with E-state index < -0.39 is 24.6 Å². The number of hydrogen-bond acceptors (Lipinski definition) is 5. The fourth-order valence-electron chi connectivity index (χ4n) is 1.85. The summed E-state index contributed by atoms with van der Waals surface area (Å²) in [6.45, 7) is 3.42. The Morgan fingerprint density at radius 1 is 1.11 bits per heavy atom. The molecule has 0 aliphatic rings. The Kier molecular flexibility index (Phi) is 6.41. The summed E-state index contributed by atoms with van der Waals surface area (Å²) >= 11 is 0. The normalized spacial score (nSPS) is 16.3. The van der Waals surface area contributed by atoms with Crippen LogP contribution in [-0.2, 0) is 9.47 Å². The molecule has 5 nitrogen and oxygen atoms in total. The highest BCUT2D eigenvalue weighted by atomic mass is 16.7. The van der Waals surface area contributed by atoms with Gasteiger partial charge in [0.2, 0.25) is 0 Å². The Balaban J connectivity index is 2.99. The minimum atomic E-state index is -1.91. The Morgan fingerprint density at radius 2 is 1.63 bits per heavy atom. The van der Waals surface area contributed by atoms with Gasteiger partial charge in [-0.2, -0.15) is 0 Å².